The molecule has 0 atom stereocenters. The van der Waals surface area contributed by atoms with Gasteiger partial charge in [-0.2, -0.15) is 0 Å². The Kier molecular flexibility index (Phi) is 4.73. The summed E-state index contributed by atoms with van der Waals surface area (Å²) in [5.74, 6) is -0.436. The van der Waals surface area contributed by atoms with E-state index >= 15 is 0 Å². The molecular weight excluding hydrogens is 408 g/mol. The SMILES string of the molecule is COC(=O)c1cc(S(=O)(=O)Nc2ccc3ccccc3n2)ccc1Br. The molecule has 0 fully saturated rings. The van der Waals surface area contributed by atoms with Gasteiger partial charge in [-0.15, -0.1) is 0 Å². The van der Waals surface area contributed by atoms with Crippen LogP contribution in [-0.4, -0.2) is 26.5 Å². The second-order valence-corrected chi connectivity index (χ2v) is 7.66. The van der Waals surface area contributed by atoms with Gasteiger partial charge in [-0.05, 0) is 52.3 Å². The van der Waals surface area contributed by atoms with Crippen molar-refractivity contribution in [2.75, 3.05) is 11.8 Å². The minimum atomic E-state index is -3.90. The molecule has 3 aromatic rings. The summed E-state index contributed by atoms with van der Waals surface area (Å²) in [7, 11) is -2.67. The van der Waals surface area contributed by atoms with Crippen molar-refractivity contribution in [2.24, 2.45) is 0 Å². The Morgan fingerprint density at radius 3 is 2.64 bits per heavy atom. The number of methoxy groups -OCH3 is 1. The van der Waals surface area contributed by atoms with Crippen LogP contribution in [0.3, 0.4) is 0 Å². The van der Waals surface area contributed by atoms with Crippen LogP contribution in [0.1, 0.15) is 10.4 Å². The molecule has 1 heterocycles. The number of fused-ring (bicyclic) bond motifs is 1. The number of para-hydroxylation sites is 1. The molecule has 1 aromatic heterocycles. The van der Waals surface area contributed by atoms with E-state index in [-0.39, 0.29) is 16.3 Å². The molecule has 3 rings (SSSR count). The Morgan fingerprint density at radius 1 is 1.12 bits per heavy atom. The number of hydrogen-bond donors (Lipinski definition) is 1. The smallest absolute Gasteiger partial charge is 0.339 e. The topological polar surface area (TPSA) is 85.4 Å². The predicted molar refractivity (Wildman–Crippen MR) is 98.0 cm³/mol. The number of carbonyl (C=O) groups excluding carboxylic acids is 1. The molecule has 2 aromatic carbocycles. The van der Waals surface area contributed by atoms with Gasteiger partial charge in [0.15, 0.2) is 0 Å². The van der Waals surface area contributed by atoms with Crippen LogP contribution in [0.25, 0.3) is 10.9 Å². The highest BCUT2D eigenvalue weighted by molar-refractivity contribution is 9.10. The Balaban J connectivity index is 1.97. The third kappa shape index (κ3) is 3.64. The van der Waals surface area contributed by atoms with Gasteiger partial charge in [-0.25, -0.2) is 18.2 Å². The van der Waals surface area contributed by atoms with E-state index < -0.39 is 16.0 Å². The van der Waals surface area contributed by atoms with Crippen LogP contribution >= 0.6 is 15.9 Å². The van der Waals surface area contributed by atoms with E-state index in [4.69, 9.17) is 0 Å². The van der Waals surface area contributed by atoms with Crippen LogP contribution in [0.4, 0.5) is 5.82 Å². The van der Waals surface area contributed by atoms with Gasteiger partial charge in [0.25, 0.3) is 10.0 Å². The number of rotatable bonds is 4. The number of sulfonamides is 1. The molecule has 0 bridgehead atoms. The van der Waals surface area contributed by atoms with Crippen LogP contribution in [0.2, 0.25) is 0 Å². The van der Waals surface area contributed by atoms with E-state index in [0.717, 1.165) is 5.39 Å². The predicted octanol–water partition coefficient (Wildman–Crippen LogP) is 3.58. The minimum absolute atomic E-state index is 0.0638. The molecule has 0 saturated carbocycles. The Labute approximate surface area is 153 Å². The van der Waals surface area contributed by atoms with Gasteiger partial charge in [-0.3, -0.25) is 4.72 Å². The van der Waals surface area contributed by atoms with Crippen LogP contribution < -0.4 is 4.72 Å². The highest BCUT2D eigenvalue weighted by atomic mass is 79.9. The van der Waals surface area contributed by atoms with Gasteiger partial charge in [0.05, 0.1) is 23.1 Å². The maximum absolute atomic E-state index is 12.6. The number of ether oxygens (including phenoxy) is 1. The summed E-state index contributed by atoms with van der Waals surface area (Å²) in [4.78, 5) is 16.0. The fourth-order valence-corrected chi connectivity index (χ4v) is 3.69. The highest BCUT2D eigenvalue weighted by Gasteiger charge is 2.19. The van der Waals surface area contributed by atoms with Gasteiger partial charge in [0.1, 0.15) is 5.82 Å². The van der Waals surface area contributed by atoms with Crippen molar-refractivity contribution in [2.45, 2.75) is 4.90 Å². The zero-order valence-electron chi connectivity index (χ0n) is 13.1. The summed E-state index contributed by atoms with van der Waals surface area (Å²) >= 11 is 3.20. The van der Waals surface area contributed by atoms with Crippen molar-refractivity contribution in [3.8, 4) is 0 Å². The molecule has 0 spiro atoms. The lowest BCUT2D eigenvalue weighted by Gasteiger charge is -2.10. The highest BCUT2D eigenvalue weighted by Crippen LogP contribution is 2.24. The molecule has 0 aliphatic carbocycles. The normalized spacial score (nSPS) is 11.3. The number of benzene rings is 2. The number of aromatic nitrogens is 1. The van der Waals surface area contributed by atoms with E-state index in [2.05, 4.69) is 30.4 Å². The molecule has 0 aliphatic heterocycles. The van der Waals surface area contributed by atoms with E-state index in [1.54, 1.807) is 18.2 Å². The maximum atomic E-state index is 12.6. The number of nitrogens with one attached hydrogen (secondary N) is 1. The van der Waals surface area contributed by atoms with Crippen molar-refractivity contribution in [3.63, 3.8) is 0 Å². The Morgan fingerprint density at radius 2 is 1.88 bits per heavy atom. The summed E-state index contributed by atoms with van der Waals surface area (Å²) in [5.41, 5.74) is 0.797. The first-order valence-corrected chi connectivity index (χ1v) is 9.45. The molecular formula is C17H13BrN2O4S. The molecule has 0 radical (unpaired) electrons. The number of halogens is 1. The van der Waals surface area contributed by atoms with E-state index in [1.165, 1.54) is 25.3 Å². The van der Waals surface area contributed by atoms with Crippen LogP contribution in [0.5, 0.6) is 0 Å². The summed E-state index contributed by atoms with van der Waals surface area (Å²) < 4.78 is 32.7. The second-order valence-electron chi connectivity index (χ2n) is 5.13. The summed E-state index contributed by atoms with van der Waals surface area (Å²) in [5, 5.41) is 0.905. The zero-order chi connectivity index (χ0) is 18.0. The average molecular weight is 421 g/mol. The molecule has 0 aliphatic rings. The number of carbonyl (C=O) groups is 1. The molecule has 25 heavy (non-hydrogen) atoms. The lowest BCUT2D eigenvalue weighted by atomic mass is 10.2. The number of anilines is 1. The zero-order valence-corrected chi connectivity index (χ0v) is 15.5. The first-order chi connectivity index (χ1) is 11.9. The van der Waals surface area contributed by atoms with Crippen molar-refractivity contribution in [1.82, 2.24) is 4.98 Å². The van der Waals surface area contributed by atoms with E-state index in [9.17, 15) is 13.2 Å². The second kappa shape index (κ2) is 6.81. The first-order valence-electron chi connectivity index (χ1n) is 7.17. The fraction of sp³-hybridized carbons (Fsp3) is 0.0588. The van der Waals surface area contributed by atoms with Gasteiger partial charge < -0.3 is 4.74 Å². The number of hydrogen-bond acceptors (Lipinski definition) is 5. The molecule has 0 amide bonds. The van der Waals surface area contributed by atoms with Gasteiger partial charge in [0, 0.05) is 9.86 Å². The largest absolute Gasteiger partial charge is 0.465 e. The molecule has 1 N–H and O–H groups in total. The van der Waals surface area contributed by atoms with Gasteiger partial charge in [-0.1, -0.05) is 18.2 Å². The molecule has 6 nitrogen and oxygen atoms in total. The van der Waals surface area contributed by atoms with Crippen molar-refractivity contribution in [1.29, 1.82) is 0 Å². The molecule has 8 heteroatoms. The maximum Gasteiger partial charge on any atom is 0.339 e. The van der Waals surface area contributed by atoms with Crippen LogP contribution in [-0.2, 0) is 14.8 Å². The molecule has 0 saturated heterocycles. The van der Waals surface area contributed by atoms with E-state index in [0.29, 0.717) is 9.99 Å². The van der Waals surface area contributed by atoms with Crippen molar-refractivity contribution in [3.05, 3.63) is 64.6 Å². The Hall–Kier alpha value is -2.45. The lowest BCUT2D eigenvalue weighted by Crippen LogP contribution is -2.15. The average Bonchev–Trinajstić information content (AvgIpc) is 2.61. The molecule has 128 valence electrons. The minimum Gasteiger partial charge on any atom is -0.465 e. The van der Waals surface area contributed by atoms with Crippen molar-refractivity contribution >= 4 is 48.6 Å². The van der Waals surface area contributed by atoms with Crippen molar-refractivity contribution < 1.29 is 17.9 Å². The number of pyridine rings is 1. The monoisotopic (exact) mass is 420 g/mol. The summed E-state index contributed by atoms with van der Waals surface area (Å²) in [6.07, 6.45) is 0. The third-order valence-corrected chi connectivity index (χ3v) is 5.53. The fourth-order valence-electron chi connectivity index (χ4n) is 2.26. The van der Waals surface area contributed by atoms with E-state index in [1.807, 2.05) is 18.2 Å². The Bertz CT molecular complexity index is 1070. The summed E-state index contributed by atoms with van der Waals surface area (Å²) in [6.45, 7) is 0. The molecule has 0 unspecified atom stereocenters. The lowest BCUT2D eigenvalue weighted by molar-refractivity contribution is 0.0599. The number of nitrogens with zero attached hydrogens (tertiary/aromatic N) is 1. The number of esters is 1. The van der Waals surface area contributed by atoms with Gasteiger partial charge in [0.2, 0.25) is 0 Å². The van der Waals surface area contributed by atoms with Crippen LogP contribution in [0.15, 0.2) is 64.0 Å². The summed E-state index contributed by atoms with van der Waals surface area (Å²) in [6, 6.07) is 14.9. The standard InChI is InChI=1S/C17H13BrN2O4S/c1-24-17(21)13-10-12(7-8-14(13)18)25(22,23)20-16-9-6-11-4-2-3-5-15(11)19-16/h2-10H,1H3,(H,19,20). The first kappa shape index (κ1) is 17.4. The van der Waals surface area contributed by atoms with Gasteiger partial charge >= 0.3 is 5.97 Å². The quantitative estimate of drug-likeness (QED) is 0.651. The third-order valence-electron chi connectivity index (χ3n) is 3.49. The van der Waals surface area contributed by atoms with Crippen LogP contribution in [0, 0.1) is 0 Å².